The quantitative estimate of drug-likeness (QED) is 0.555. The molecule has 6 nitrogen and oxygen atoms in total. The minimum absolute atomic E-state index is 0.165. The fourth-order valence-corrected chi connectivity index (χ4v) is 7.90. The van der Waals surface area contributed by atoms with Crippen LogP contribution in [0.15, 0.2) is 71.3 Å². The Kier molecular flexibility index (Phi) is 4.74. The van der Waals surface area contributed by atoms with E-state index in [1.54, 1.807) is 24.5 Å². The van der Waals surface area contributed by atoms with Crippen molar-refractivity contribution < 1.29 is 18.4 Å². The highest BCUT2D eigenvalue weighted by molar-refractivity contribution is 8.25. The minimum Gasteiger partial charge on any atom is -0.467 e. The third-order valence-electron chi connectivity index (χ3n) is 7.13. The maximum Gasteiger partial charge on any atom is 0.251 e. The highest BCUT2D eigenvalue weighted by Gasteiger charge is 2.77. The first-order valence-corrected chi connectivity index (χ1v) is 12.1. The molecule has 1 N–H and O–H groups in total. The number of thioether (sulfide) groups is 1. The lowest BCUT2D eigenvalue weighted by atomic mass is 9.72. The monoisotopic (exact) mass is 493 g/mol. The lowest BCUT2D eigenvalue weighted by Gasteiger charge is -2.41. The minimum atomic E-state index is -1.44. The van der Waals surface area contributed by atoms with Gasteiger partial charge < -0.3 is 9.73 Å². The van der Waals surface area contributed by atoms with Crippen LogP contribution in [0.5, 0.6) is 0 Å². The van der Waals surface area contributed by atoms with E-state index >= 15 is 0 Å². The molecule has 2 saturated heterocycles. The Bertz CT molecular complexity index is 1330. The van der Waals surface area contributed by atoms with Crippen molar-refractivity contribution in [3.63, 3.8) is 0 Å². The summed E-state index contributed by atoms with van der Waals surface area (Å²) in [7, 11) is 1.82. The van der Waals surface area contributed by atoms with Gasteiger partial charge in [-0.3, -0.25) is 19.4 Å². The van der Waals surface area contributed by atoms with Crippen molar-refractivity contribution in [1.29, 1.82) is 0 Å². The van der Waals surface area contributed by atoms with Crippen LogP contribution in [0.2, 0.25) is 0 Å². The van der Waals surface area contributed by atoms with E-state index in [2.05, 4.69) is 5.32 Å². The van der Waals surface area contributed by atoms with Crippen LogP contribution < -0.4 is 5.32 Å². The first kappa shape index (κ1) is 21.5. The van der Waals surface area contributed by atoms with E-state index in [9.17, 15) is 14.0 Å². The number of likely N-dealkylation sites (N-methyl/N-ethyl adjacent to an activating group) is 1. The molecule has 2 aromatic carbocycles. The molecule has 0 aliphatic carbocycles. The molecular weight excluding hydrogens is 473 g/mol. The number of nitrogens with one attached hydrogen (secondary N) is 1. The number of thiocarbonyl (C=S) groups is 1. The van der Waals surface area contributed by atoms with Crippen molar-refractivity contribution in [2.45, 2.75) is 22.7 Å². The fraction of sp³-hybridized carbons (Fsp3) is 0.240. The summed E-state index contributed by atoms with van der Waals surface area (Å²) in [5.41, 5.74) is 0.457. The number of rotatable bonds is 3. The van der Waals surface area contributed by atoms with E-state index in [0.29, 0.717) is 27.9 Å². The van der Waals surface area contributed by atoms with Gasteiger partial charge in [-0.05, 0) is 42.9 Å². The average Bonchev–Trinajstić information content (AvgIpc) is 3.56. The van der Waals surface area contributed by atoms with Crippen molar-refractivity contribution in [3.05, 3.63) is 89.6 Å². The maximum atomic E-state index is 14.6. The molecule has 3 atom stereocenters. The van der Waals surface area contributed by atoms with Gasteiger partial charge in [0.2, 0.25) is 5.91 Å². The summed E-state index contributed by atoms with van der Waals surface area (Å²) in [4.78, 5) is 31.7. The number of benzene rings is 2. The second-order valence-corrected chi connectivity index (χ2v) is 10.7. The SMILES string of the molecule is CN1C[C@H](c2ccccc2)[C@@]2(SC(=S)N(Cc3ccco3)C2=O)[C@@]12C(=O)Nc1ccc(F)cc12. The van der Waals surface area contributed by atoms with Gasteiger partial charge in [-0.1, -0.05) is 54.3 Å². The molecule has 172 valence electrons. The number of nitrogens with zero attached hydrogens (tertiary/aromatic N) is 2. The molecule has 4 heterocycles. The van der Waals surface area contributed by atoms with E-state index < -0.39 is 16.1 Å². The highest BCUT2D eigenvalue weighted by Crippen LogP contribution is 2.65. The summed E-state index contributed by atoms with van der Waals surface area (Å²) in [6.45, 7) is 0.585. The molecule has 2 fully saturated rings. The van der Waals surface area contributed by atoms with Gasteiger partial charge in [0.15, 0.2) is 5.54 Å². The molecule has 3 aliphatic rings. The van der Waals surface area contributed by atoms with Crippen molar-refractivity contribution in [3.8, 4) is 0 Å². The molecule has 2 amide bonds. The molecule has 1 aromatic heterocycles. The number of furan rings is 1. The van der Waals surface area contributed by atoms with Crippen LogP contribution in [-0.4, -0.2) is 44.3 Å². The number of halogens is 1. The van der Waals surface area contributed by atoms with E-state index in [1.807, 2.05) is 42.3 Å². The first-order chi connectivity index (χ1) is 16.4. The van der Waals surface area contributed by atoms with E-state index in [0.717, 1.165) is 5.56 Å². The van der Waals surface area contributed by atoms with Gasteiger partial charge in [0.25, 0.3) is 5.91 Å². The zero-order valence-electron chi connectivity index (χ0n) is 18.2. The molecule has 0 saturated carbocycles. The summed E-state index contributed by atoms with van der Waals surface area (Å²) < 4.78 is 19.1. The van der Waals surface area contributed by atoms with Crippen molar-refractivity contribution in [2.24, 2.45) is 0 Å². The number of amides is 2. The van der Waals surface area contributed by atoms with Crippen molar-refractivity contribution >= 4 is 45.8 Å². The van der Waals surface area contributed by atoms with Crippen LogP contribution in [-0.2, 0) is 21.7 Å². The summed E-state index contributed by atoms with van der Waals surface area (Å²) in [6.07, 6.45) is 1.54. The van der Waals surface area contributed by atoms with Crippen LogP contribution in [0.4, 0.5) is 10.1 Å². The summed E-state index contributed by atoms with van der Waals surface area (Å²) in [6, 6.07) is 17.4. The van der Waals surface area contributed by atoms with Gasteiger partial charge in [-0.2, -0.15) is 0 Å². The smallest absolute Gasteiger partial charge is 0.251 e. The zero-order valence-corrected chi connectivity index (χ0v) is 19.8. The predicted molar refractivity (Wildman–Crippen MR) is 131 cm³/mol. The van der Waals surface area contributed by atoms with Crippen molar-refractivity contribution in [1.82, 2.24) is 9.80 Å². The standard InChI is InChI=1S/C25H20FN3O3S2/c1-28-14-19(15-6-3-2-4-7-15)25(22(31)29(23(33)34-25)13-17-8-5-11-32-17)24(28)18-12-16(26)9-10-20(18)27-21(24)30/h2-12,19H,13-14H2,1H3,(H,27,30)/t19-,24-,25+/m1/s1. The third kappa shape index (κ3) is 2.63. The van der Waals surface area contributed by atoms with Crippen LogP contribution in [0.1, 0.15) is 22.8 Å². The second kappa shape index (κ2) is 7.49. The molecule has 0 radical (unpaired) electrons. The van der Waals surface area contributed by atoms with Gasteiger partial charge in [-0.15, -0.1) is 0 Å². The molecule has 0 unspecified atom stereocenters. The number of fused-ring (bicyclic) bond motifs is 3. The Morgan fingerprint density at radius 1 is 1.18 bits per heavy atom. The third-order valence-corrected chi connectivity index (χ3v) is 9.07. The number of carbonyl (C=O) groups excluding carboxylic acids is 2. The molecule has 9 heteroatoms. The summed E-state index contributed by atoms with van der Waals surface area (Å²) >= 11 is 6.96. The number of hydrogen-bond acceptors (Lipinski definition) is 6. The normalized spacial score (nSPS) is 28.4. The number of likely N-dealkylation sites (tertiary alicyclic amines) is 1. The second-order valence-electron chi connectivity index (χ2n) is 8.77. The van der Waals surface area contributed by atoms with Crippen LogP contribution in [0.3, 0.4) is 0 Å². The van der Waals surface area contributed by atoms with Gasteiger partial charge in [0, 0.05) is 23.7 Å². The van der Waals surface area contributed by atoms with Gasteiger partial charge in [-0.25, -0.2) is 4.39 Å². The van der Waals surface area contributed by atoms with E-state index in [1.165, 1.54) is 28.8 Å². The lowest BCUT2D eigenvalue weighted by molar-refractivity contribution is -0.138. The highest BCUT2D eigenvalue weighted by atomic mass is 32.2. The molecule has 0 bridgehead atoms. The first-order valence-electron chi connectivity index (χ1n) is 10.8. The Balaban J connectivity index is 1.60. The topological polar surface area (TPSA) is 65.8 Å². The van der Waals surface area contributed by atoms with Gasteiger partial charge in [0.05, 0.1) is 12.8 Å². The lowest BCUT2D eigenvalue weighted by Crippen LogP contribution is -2.61. The van der Waals surface area contributed by atoms with E-state index in [-0.39, 0.29) is 24.3 Å². The number of hydrogen-bond donors (Lipinski definition) is 1. The van der Waals surface area contributed by atoms with Crippen LogP contribution in [0, 0.1) is 5.82 Å². The molecule has 2 spiro atoms. The summed E-state index contributed by atoms with van der Waals surface area (Å²) in [5, 5.41) is 2.91. The largest absolute Gasteiger partial charge is 0.467 e. The Morgan fingerprint density at radius 2 is 1.97 bits per heavy atom. The number of anilines is 1. The maximum absolute atomic E-state index is 14.6. The number of carbonyl (C=O) groups is 2. The predicted octanol–water partition coefficient (Wildman–Crippen LogP) is 4.09. The summed E-state index contributed by atoms with van der Waals surface area (Å²) in [5.74, 6) is -0.864. The molecule has 3 aromatic rings. The molecule has 3 aliphatic heterocycles. The van der Waals surface area contributed by atoms with E-state index in [4.69, 9.17) is 16.6 Å². The molecule has 6 rings (SSSR count). The molecule has 34 heavy (non-hydrogen) atoms. The van der Waals surface area contributed by atoms with Gasteiger partial charge >= 0.3 is 0 Å². The van der Waals surface area contributed by atoms with Crippen LogP contribution in [0.25, 0.3) is 0 Å². The Morgan fingerprint density at radius 3 is 2.71 bits per heavy atom. The fourth-order valence-electron chi connectivity index (χ4n) is 5.77. The Hall–Kier alpha value is -3.01. The average molecular weight is 494 g/mol. The van der Waals surface area contributed by atoms with Crippen LogP contribution >= 0.6 is 24.0 Å². The Labute approximate surface area is 205 Å². The van der Waals surface area contributed by atoms with Gasteiger partial charge in [0.1, 0.15) is 20.6 Å². The molecular formula is C25H20FN3O3S2. The van der Waals surface area contributed by atoms with Crippen molar-refractivity contribution in [2.75, 3.05) is 18.9 Å². The zero-order chi connectivity index (χ0) is 23.7.